The standard InChI is InChI=1S/C28H31N3O8S/c1-17(26(14-29)40(35,36)30-22-16-38-25(15-32)28(34)27(22)33)23-6-7-24(39-23)20-3-2-19-13-21(5-4-18(19)12-20)31-8-10-37-11-9-31/h2-7,12-13,22,25,27-28,30,32-34H,8-11,15-16H2,1H3/b26-17+/t22?,25-,27-,28-/m1/s1. The summed E-state index contributed by atoms with van der Waals surface area (Å²) in [6, 6.07) is 16.0. The quantitative estimate of drug-likeness (QED) is 0.307. The first-order valence-electron chi connectivity index (χ1n) is 12.9. The monoisotopic (exact) mass is 569 g/mol. The lowest BCUT2D eigenvalue weighted by Crippen LogP contribution is -2.59. The van der Waals surface area contributed by atoms with Crippen LogP contribution in [0.1, 0.15) is 12.7 Å². The molecule has 0 spiro atoms. The molecule has 4 N–H and O–H groups in total. The molecule has 0 amide bonds. The third kappa shape index (κ3) is 5.63. The van der Waals surface area contributed by atoms with E-state index < -0.39 is 45.9 Å². The van der Waals surface area contributed by atoms with Crippen LogP contribution in [0.3, 0.4) is 0 Å². The number of nitrogens with one attached hydrogen (secondary N) is 1. The van der Waals surface area contributed by atoms with Crippen molar-refractivity contribution in [2.75, 3.05) is 44.4 Å². The molecular weight excluding hydrogens is 538 g/mol. The highest BCUT2D eigenvalue weighted by Crippen LogP contribution is 2.32. The average molecular weight is 570 g/mol. The van der Waals surface area contributed by atoms with Gasteiger partial charge in [0.2, 0.25) is 0 Å². The molecule has 4 atom stereocenters. The van der Waals surface area contributed by atoms with E-state index in [-0.39, 0.29) is 17.9 Å². The zero-order valence-electron chi connectivity index (χ0n) is 21.9. The smallest absolute Gasteiger partial charge is 0.251 e. The molecule has 2 fully saturated rings. The van der Waals surface area contributed by atoms with Crippen LogP contribution in [0.25, 0.3) is 27.7 Å². The zero-order chi connectivity index (χ0) is 28.4. The Bertz CT molecular complexity index is 1550. The Morgan fingerprint density at radius 3 is 2.52 bits per heavy atom. The van der Waals surface area contributed by atoms with E-state index >= 15 is 0 Å². The fourth-order valence-corrected chi connectivity index (χ4v) is 6.31. The first-order valence-corrected chi connectivity index (χ1v) is 14.4. The summed E-state index contributed by atoms with van der Waals surface area (Å²) in [5, 5.41) is 41.4. The normalized spacial score (nSPS) is 24.5. The maximum Gasteiger partial charge on any atom is 0.251 e. The predicted octanol–water partition coefficient (Wildman–Crippen LogP) is 1.59. The zero-order valence-corrected chi connectivity index (χ0v) is 22.7. The van der Waals surface area contributed by atoms with Crippen LogP contribution in [0.5, 0.6) is 0 Å². The van der Waals surface area contributed by atoms with Gasteiger partial charge in [-0.1, -0.05) is 18.2 Å². The number of hydrogen-bond donors (Lipinski definition) is 4. The minimum Gasteiger partial charge on any atom is -0.456 e. The molecule has 1 aromatic heterocycles. The molecule has 2 aliphatic heterocycles. The number of furan rings is 1. The predicted molar refractivity (Wildman–Crippen MR) is 148 cm³/mol. The largest absolute Gasteiger partial charge is 0.456 e. The second kappa shape index (κ2) is 11.7. The van der Waals surface area contributed by atoms with Gasteiger partial charge >= 0.3 is 0 Å². The van der Waals surface area contributed by atoms with Gasteiger partial charge in [0.05, 0.1) is 32.5 Å². The average Bonchev–Trinajstić information content (AvgIpc) is 3.46. The van der Waals surface area contributed by atoms with Crippen LogP contribution in [0.15, 0.2) is 57.9 Å². The summed E-state index contributed by atoms with van der Waals surface area (Å²) in [7, 11) is -4.41. The van der Waals surface area contributed by atoms with Crippen LogP contribution < -0.4 is 9.62 Å². The van der Waals surface area contributed by atoms with Crippen LogP contribution in [0.4, 0.5) is 5.69 Å². The maximum atomic E-state index is 13.1. The second-order valence-electron chi connectivity index (χ2n) is 9.84. The molecule has 2 aromatic carbocycles. The number of aliphatic hydroxyl groups excluding tert-OH is 3. The van der Waals surface area contributed by atoms with Crippen molar-refractivity contribution in [3.63, 3.8) is 0 Å². The Labute approximate surface area is 231 Å². The number of ether oxygens (including phenoxy) is 2. The molecule has 11 nitrogen and oxygen atoms in total. The van der Waals surface area contributed by atoms with Crippen LogP contribution in [-0.4, -0.2) is 87.6 Å². The Morgan fingerprint density at radius 1 is 1.07 bits per heavy atom. The maximum absolute atomic E-state index is 13.1. The number of aliphatic hydroxyl groups is 3. The Hall–Kier alpha value is -3.28. The van der Waals surface area contributed by atoms with Gasteiger partial charge in [-0.05, 0) is 48.0 Å². The lowest BCUT2D eigenvalue weighted by Gasteiger charge is -2.36. The number of rotatable bonds is 7. The number of allylic oxidation sites excluding steroid dienone is 2. The van der Waals surface area contributed by atoms with Gasteiger partial charge in [-0.3, -0.25) is 0 Å². The first kappa shape index (κ1) is 28.3. The van der Waals surface area contributed by atoms with Crippen LogP contribution in [0, 0.1) is 11.3 Å². The van der Waals surface area contributed by atoms with Crippen molar-refractivity contribution in [2.24, 2.45) is 0 Å². The third-order valence-corrected chi connectivity index (χ3v) is 8.84. The molecule has 0 bridgehead atoms. The van der Waals surface area contributed by atoms with Crippen LogP contribution in [0.2, 0.25) is 0 Å². The second-order valence-corrected chi connectivity index (χ2v) is 11.5. The molecule has 3 heterocycles. The van der Waals surface area contributed by atoms with E-state index in [0.717, 1.165) is 35.1 Å². The van der Waals surface area contributed by atoms with Crippen molar-refractivity contribution < 1.29 is 37.6 Å². The van der Waals surface area contributed by atoms with Gasteiger partial charge in [0.1, 0.15) is 35.9 Å². The fraction of sp³-hybridized carbons (Fsp3) is 0.393. The summed E-state index contributed by atoms with van der Waals surface area (Å²) in [4.78, 5) is 1.70. The van der Waals surface area contributed by atoms with E-state index in [1.807, 2.05) is 24.3 Å². The van der Waals surface area contributed by atoms with Crippen molar-refractivity contribution in [3.8, 4) is 17.4 Å². The van der Waals surface area contributed by atoms with Gasteiger partial charge in [0.15, 0.2) is 4.91 Å². The molecule has 2 saturated heterocycles. The number of hydrogen-bond acceptors (Lipinski definition) is 10. The van der Waals surface area contributed by atoms with Gasteiger partial charge in [0, 0.05) is 29.9 Å². The SMILES string of the molecule is C/C(=C(/C#N)S(=O)(=O)NC1CO[C@H](CO)[C@@H](O)[C@@H]1O)c1ccc(-c2ccc3cc(N4CCOCC4)ccc3c2)o1. The topological polar surface area (TPSA) is 165 Å². The summed E-state index contributed by atoms with van der Waals surface area (Å²) in [6.07, 6.45) is -4.07. The molecule has 0 aliphatic carbocycles. The van der Waals surface area contributed by atoms with Gasteiger partial charge < -0.3 is 34.1 Å². The van der Waals surface area contributed by atoms with Crippen LogP contribution >= 0.6 is 0 Å². The number of nitriles is 1. The first-order chi connectivity index (χ1) is 19.2. The van der Waals surface area contributed by atoms with Crippen molar-refractivity contribution in [3.05, 3.63) is 59.2 Å². The number of fused-ring (bicyclic) bond motifs is 1. The Kier molecular flexibility index (Phi) is 8.25. The van der Waals surface area contributed by atoms with E-state index in [1.165, 1.54) is 6.92 Å². The molecule has 3 aromatic rings. The van der Waals surface area contributed by atoms with E-state index in [2.05, 4.69) is 21.8 Å². The molecule has 0 saturated carbocycles. The van der Waals surface area contributed by atoms with Gasteiger partial charge in [-0.15, -0.1) is 0 Å². The molecule has 0 radical (unpaired) electrons. The van der Waals surface area contributed by atoms with Crippen molar-refractivity contribution in [2.45, 2.75) is 31.3 Å². The summed E-state index contributed by atoms with van der Waals surface area (Å²) in [5.41, 5.74) is 2.01. The van der Waals surface area contributed by atoms with E-state index in [4.69, 9.17) is 13.9 Å². The third-order valence-electron chi connectivity index (χ3n) is 7.29. The van der Waals surface area contributed by atoms with Gasteiger partial charge in [-0.25, -0.2) is 13.1 Å². The molecular formula is C28H31N3O8S. The fourth-order valence-electron chi connectivity index (χ4n) is 4.96. The Morgan fingerprint density at radius 2 is 1.80 bits per heavy atom. The molecule has 212 valence electrons. The lowest BCUT2D eigenvalue weighted by atomic mass is 9.99. The number of morpholine rings is 1. The van der Waals surface area contributed by atoms with Crippen molar-refractivity contribution in [1.29, 1.82) is 5.26 Å². The van der Waals surface area contributed by atoms with E-state index in [1.54, 1.807) is 18.2 Å². The van der Waals surface area contributed by atoms with Gasteiger partial charge in [0.25, 0.3) is 10.0 Å². The molecule has 40 heavy (non-hydrogen) atoms. The van der Waals surface area contributed by atoms with Crippen LogP contribution in [-0.2, 0) is 19.5 Å². The highest BCUT2D eigenvalue weighted by Gasteiger charge is 2.40. The highest BCUT2D eigenvalue weighted by atomic mass is 32.2. The highest BCUT2D eigenvalue weighted by molar-refractivity contribution is 7.93. The number of nitrogens with zero attached hydrogens (tertiary/aromatic N) is 2. The summed E-state index contributed by atoms with van der Waals surface area (Å²) in [5.74, 6) is 0.700. The minimum absolute atomic E-state index is 0.0807. The summed E-state index contributed by atoms with van der Waals surface area (Å²) in [6.45, 7) is 3.75. The van der Waals surface area contributed by atoms with Crippen molar-refractivity contribution in [1.82, 2.24) is 4.72 Å². The van der Waals surface area contributed by atoms with E-state index in [9.17, 15) is 29.0 Å². The van der Waals surface area contributed by atoms with E-state index in [0.29, 0.717) is 19.0 Å². The summed E-state index contributed by atoms with van der Waals surface area (Å²) >= 11 is 0. The minimum atomic E-state index is -4.41. The van der Waals surface area contributed by atoms with Crippen molar-refractivity contribution >= 4 is 32.1 Å². The number of anilines is 1. The molecule has 1 unspecified atom stereocenters. The Balaban J connectivity index is 1.36. The lowest BCUT2D eigenvalue weighted by molar-refractivity contribution is -0.158. The number of benzene rings is 2. The number of sulfonamides is 1. The molecule has 2 aliphatic rings. The molecule has 5 rings (SSSR count). The molecule has 12 heteroatoms. The summed E-state index contributed by atoms with van der Waals surface area (Å²) < 4.78 is 45.0. The van der Waals surface area contributed by atoms with Gasteiger partial charge in [-0.2, -0.15) is 5.26 Å².